The van der Waals surface area contributed by atoms with Crippen LogP contribution in [0, 0.1) is 0 Å². The Bertz CT molecular complexity index is 536. The average Bonchev–Trinajstić information content (AvgIpc) is 2.55. The lowest BCUT2D eigenvalue weighted by Crippen LogP contribution is -2.49. The number of rotatable bonds is 6. The second kappa shape index (κ2) is 11.1. The molecular formula is C15H25Cl2N5O2. The zero-order valence-electron chi connectivity index (χ0n) is 13.7. The molecule has 0 unspecified atom stereocenters. The molecule has 2 heterocycles. The number of aromatic nitrogens is 1. The van der Waals surface area contributed by atoms with Gasteiger partial charge in [0.25, 0.3) is 5.91 Å². The number of nitrogens with one attached hydrogen (secondary N) is 1. The summed E-state index contributed by atoms with van der Waals surface area (Å²) < 4.78 is 0. The van der Waals surface area contributed by atoms with Gasteiger partial charge in [-0.05, 0) is 32.1 Å². The maximum atomic E-state index is 12.1. The Morgan fingerprint density at radius 3 is 2.50 bits per heavy atom. The molecule has 1 fully saturated rings. The van der Waals surface area contributed by atoms with Crippen LogP contribution in [0.2, 0.25) is 0 Å². The van der Waals surface area contributed by atoms with Crippen molar-refractivity contribution < 1.29 is 9.59 Å². The molecule has 0 radical (unpaired) electrons. The maximum absolute atomic E-state index is 12.1. The molecule has 3 N–H and O–H groups in total. The molecule has 136 valence electrons. The zero-order chi connectivity index (χ0) is 15.9. The van der Waals surface area contributed by atoms with Crippen LogP contribution in [0.3, 0.4) is 0 Å². The number of carbonyl (C=O) groups excluding carboxylic acids is 2. The lowest BCUT2D eigenvalue weighted by atomic mass is 10.2. The van der Waals surface area contributed by atoms with E-state index in [0.717, 1.165) is 13.0 Å². The van der Waals surface area contributed by atoms with Gasteiger partial charge in [0.2, 0.25) is 5.91 Å². The number of primary amides is 1. The van der Waals surface area contributed by atoms with Crippen molar-refractivity contribution in [2.75, 3.05) is 44.7 Å². The van der Waals surface area contributed by atoms with Crippen molar-refractivity contribution in [1.29, 1.82) is 0 Å². The number of anilines is 1. The van der Waals surface area contributed by atoms with Gasteiger partial charge < -0.3 is 20.9 Å². The van der Waals surface area contributed by atoms with Gasteiger partial charge in [-0.1, -0.05) is 0 Å². The van der Waals surface area contributed by atoms with E-state index in [1.54, 1.807) is 18.3 Å². The lowest BCUT2D eigenvalue weighted by Gasteiger charge is -2.36. The molecule has 1 aliphatic rings. The average molecular weight is 378 g/mol. The number of nitrogens with two attached hydrogens (primary N) is 1. The normalized spacial score (nSPS) is 13.7. The summed E-state index contributed by atoms with van der Waals surface area (Å²) in [5, 5.41) is 3.04. The van der Waals surface area contributed by atoms with E-state index < -0.39 is 5.91 Å². The highest BCUT2D eigenvalue weighted by Gasteiger charge is 2.23. The summed E-state index contributed by atoms with van der Waals surface area (Å²) in [7, 11) is 1.88. The largest absolute Gasteiger partial charge is 0.365 e. The van der Waals surface area contributed by atoms with Crippen LogP contribution in [-0.2, 0) is 4.79 Å². The Kier molecular flexibility index (Phi) is 10.3. The van der Waals surface area contributed by atoms with Gasteiger partial charge in [0.05, 0.1) is 5.56 Å². The molecule has 0 bridgehead atoms. The van der Waals surface area contributed by atoms with Gasteiger partial charge in [-0.2, -0.15) is 0 Å². The van der Waals surface area contributed by atoms with Crippen LogP contribution in [-0.4, -0.2) is 61.5 Å². The van der Waals surface area contributed by atoms with E-state index >= 15 is 0 Å². The molecule has 1 aliphatic heterocycles. The van der Waals surface area contributed by atoms with Crippen LogP contribution in [0.4, 0.5) is 5.82 Å². The smallest absolute Gasteiger partial charge is 0.252 e. The summed E-state index contributed by atoms with van der Waals surface area (Å²) in [6, 6.07) is 3.38. The molecule has 0 atom stereocenters. The first-order valence-electron chi connectivity index (χ1n) is 7.55. The highest BCUT2D eigenvalue weighted by molar-refractivity contribution is 5.97. The number of pyridine rings is 1. The molecule has 0 aromatic carbocycles. The Morgan fingerprint density at radius 1 is 1.25 bits per heavy atom. The van der Waals surface area contributed by atoms with E-state index in [-0.39, 0.29) is 30.7 Å². The first-order chi connectivity index (χ1) is 10.6. The fraction of sp³-hybridized carbons (Fsp3) is 0.533. The fourth-order valence-corrected chi connectivity index (χ4v) is 2.58. The number of hydrogen-bond donors (Lipinski definition) is 2. The van der Waals surface area contributed by atoms with E-state index in [1.807, 2.05) is 16.8 Å². The molecule has 2 rings (SSSR count). The second-order valence-electron chi connectivity index (χ2n) is 5.31. The van der Waals surface area contributed by atoms with Gasteiger partial charge in [0.15, 0.2) is 0 Å². The van der Waals surface area contributed by atoms with E-state index in [0.29, 0.717) is 44.0 Å². The summed E-state index contributed by atoms with van der Waals surface area (Å²) in [5.74, 6) is 0.317. The Hall–Kier alpha value is -1.57. The monoisotopic (exact) mass is 377 g/mol. The van der Waals surface area contributed by atoms with Gasteiger partial charge in [0, 0.05) is 38.8 Å². The van der Waals surface area contributed by atoms with E-state index in [1.165, 1.54) is 0 Å². The zero-order valence-corrected chi connectivity index (χ0v) is 15.4. The third-order valence-electron chi connectivity index (χ3n) is 3.80. The van der Waals surface area contributed by atoms with Gasteiger partial charge in [-0.25, -0.2) is 4.98 Å². The molecule has 1 aromatic heterocycles. The van der Waals surface area contributed by atoms with Gasteiger partial charge >= 0.3 is 0 Å². The molecule has 1 saturated heterocycles. The number of hydrogen-bond acceptors (Lipinski definition) is 5. The van der Waals surface area contributed by atoms with Crippen molar-refractivity contribution in [2.24, 2.45) is 5.73 Å². The molecule has 0 spiro atoms. The summed E-state index contributed by atoms with van der Waals surface area (Å²) in [6.07, 6.45) is 3.07. The van der Waals surface area contributed by atoms with Crippen molar-refractivity contribution in [1.82, 2.24) is 15.2 Å². The lowest BCUT2D eigenvalue weighted by molar-refractivity contribution is -0.131. The summed E-state index contributed by atoms with van der Waals surface area (Å²) in [5.41, 5.74) is 5.82. The van der Waals surface area contributed by atoms with Crippen molar-refractivity contribution >= 4 is 42.4 Å². The van der Waals surface area contributed by atoms with Gasteiger partial charge in [0.1, 0.15) is 5.82 Å². The number of nitrogens with zero attached hydrogens (tertiary/aromatic N) is 3. The minimum atomic E-state index is -0.478. The highest BCUT2D eigenvalue weighted by atomic mass is 35.5. The summed E-state index contributed by atoms with van der Waals surface area (Å²) in [6.45, 7) is 3.46. The molecule has 9 heteroatoms. The number of halogens is 2. The van der Waals surface area contributed by atoms with E-state index in [4.69, 9.17) is 5.73 Å². The van der Waals surface area contributed by atoms with Crippen LogP contribution < -0.4 is 16.0 Å². The molecule has 0 saturated carbocycles. The first kappa shape index (κ1) is 22.4. The predicted octanol–water partition coefficient (Wildman–Crippen LogP) is 0.672. The summed E-state index contributed by atoms with van der Waals surface area (Å²) in [4.78, 5) is 31.7. The van der Waals surface area contributed by atoms with Crippen LogP contribution in [0.15, 0.2) is 18.3 Å². The van der Waals surface area contributed by atoms with Crippen molar-refractivity contribution in [3.05, 3.63) is 23.9 Å². The molecule has 7 nitrogen and oxygen atoms in total. The Morgan fingerprint density at radius 2 is 1.92 bits per heavy atom. The van der Waals surface area contributed by atoms with Gasteiger partial charge in [-0.3, -0.25) is 9.59 Å². The second-order valence-corrected chi connectivity index (χ2v) is 5.31. The number of piperazine rings is 1. The number of carbonyl (C=O) groups is 2. The molecule has 24 heavy (non-hydrogen) atoms. The maximum Gasteiger partial charge on any atom is 0.252 e. The third-order valence-corrected chi connectivity index (χ3v) is 3.80. The van der Waals surface area contributed by atoms with Gasteiger partial charge in [-0.15, -0.1) is 24.8 Å². The fourth-order valence-electron chi connectivity index (χ4n) is 2.58. The molecule has 1 aromatic rings. The SMILES string of the molecule is CNCCCC(=O)N1CCN(c2ncccc2C(N)=O)CC1.Cl.Cl. The Labute approximate surface area is 154 Å². The molecular weight excluding hydrogens is 353 g/mol. The number of amides is 2. The van der Waals surface area contributed by atoms with Crippen molar-refractivity contribution in [3.8, 4) is 0 Å². The quantitative estimate of drug-likeness (QED) is 0.710. The van der Waals surface area contributed by atoms with Crippen LogP contribution >= 0.6 is 24.8 Å². The topological polar surface area (TPSA) is 91.6 Å². The third kappa shape index (κ3) is 5.81. The minimum Gasteiger partial charge on any atom is -0.365 e. The minimum absolute atomic E-state index is 0. The standard InChI is InChI=1S/C15H23N5O2.2ClH/c1-17-6-3-5-13(21)19-8-10-20(11-9-19)15-12(14(16)22)4-2-7-18-15;;/h2,4,7,17H,3,5-6,8-11H2,1H3,(H2,16,22);2*1H. The van der Waals surface area contributed by atoms with Crippen LogP contribution in [0.25, 0.3) is 0 Å². The predicted molar refractivity (Wildman–Crippen MR) is 99.2 cm³/mol. The summed E-state index contributed by atoms with van der Waals surface area (Å²) >= 11 is 0. The highest BCUT2D eigenvalue weighted by Crippen LogP contribution is 2.18. The van der Waals surface area contributed by atoms with Crippen molar-refractivity contribution in [3.63, 3.8) is 0 Å². The van der Waals surface area contributed by atoms with Crippen molar-refractivity contribution in [2.45, 2.75) is 12.8 Å². The Balaban J connectivity index is 0.00000264. The van der Waals surface area contributed by atoms with E-state index in [2.05, 4.69) is 10.3 Å². The molecule has 2 amide bonds. The first-order valence-corrected chi connectivity index (χ1v) is 7.55. The van der Waals surface area contributed by atoms with E-state index in [9.17, 15) is 9.59 Å². The molecule has 0 aliphatic carbocycles. The van der Waals surface area contributed by atoms with Crippen LogP contribution in [0.5, 0.6) is 0 Å². The van der Waals surface area contributed by atoms with Crippen LogP contribution in [0.1, 0.15) is 23.2 Å².